The summed E-state index contributed by atoms with van der Waals surface area (Å²) in [6.07, 6.45) is 3.33. The summed E-state index contributed by atoms with van der Waals surface area (Å²) in [5, 5.41) is 3.33. The number of anilines is 1. The molecule has 1 aromatic carbocycles. The van der Waals surface area contributed by atoms with Gasteiger partial charge in [-0.25, -0.2) is 9.97 Å². The molecule has 1 atom stereocenters. The van der Waals surface area contributed by atoms with Gasteiger partial charge in [0.1, 0.15) is 17.9 Å². The first-order valence-corrected chi connectivity index (χ1v) is 8.94. The number of carbonyl (C=O) groups excluding carboxylic acids is 1. The van der Waals surface area contributed by atoms with Crippen LogP contribution in [0.2, 0.25) is 0 Å². The average molecular weight is 377 g/mol. The lowest BCUT2D eigenvalue weighted by molar-refractivity contribution is 0.1000. The third kappa shape index (κ3) is 4.43. The van der Waals surface area contributed by atoms with Crippen LogP contribution in [0.4, 0.5) is 5.82 Å². The predicted octanol–water partition coefficient (Wildman–Crippen LogP) is 3.17. The molecule has 0 aliphatic heterocycles. The van der Waals surface area contributed by atoms with Gasteiger partial charge in [-0.15, -0.1) is 0 Å². The molecule has 0 aliphatic rings. The van der Waals surface area contributed by atoms with Gasteiger partial charge >= 0.3 is 0 Å². The van der Waals surface area contributed by atoms with Crippen LogP contribution in [-0.4, -0.2) is 34.5 Å². The smallest absolute Gasteiger partial charge is 0.248 e. The van der Waals surface area contributed by atoms with Crippen molar-refractivity contribution in [3.63, 3.8) is 0 Å². The van der Waals surface area contributed by atoms with E-state index in [-0.39, 0.29) is 5.92 Å². The van der Waals surface area contributed by atoms with E-state index in [1.54, 1.807) is 25.4 Å². The molecule has 7 heteroatoms. The van der Waals surface area contributed by atoms with Crippen LogP contribution in [0.1, 0.15) is 34.5 Å². The minimum Gasteiger partial charge on any atom is -0.496 e. The third-order valence-electron chi connectivity index (χ3n) is 4.51. The van der Waals surface area contributed by atoms with Crippen LogP contribution in [0, 0.1) is 6.92 Å². The van der Waals surface area contributed by atoms with Crippen molar-refractivity contribution in [2.24, 2.45) is 5.73 Å². The van der Waals surface area contributed by atoms with Crippen molar-refractivity contribution < 1.29 is 9.53 Å². The Morgan fingerprint density at radius 1 is 1.18 bits per heavy atom. The summed E-state index contributed by atoms with van der Waals surface area (Å²) in [6, 6.07) is 11.1. The number of methoxy groups -OCH3 is 1. The Hall–Kier alpha value is -3.48. The van der Waals surface area contributed by atoms with Gasteiger partial charge in [0.2, 0.25) is 5.91 Å². The van der Waals surface area contributed by atoms with Crippen LogP contribution in [0.5, 0.6) is 5.75 Å². The fourth-order valence-electron chi connectivity index (χ4n) is 2.87. The van der Waals surface area contributed by atoms with Gasteiger partial charge in [-0.1, -0.05) is 13.0 Å². The molecule has 2 heterocycles. The molecule has 0 spiro atoms. The van der Waals surface area contributed by atoms with Crippen molar-refractivity contribution in [3.05, 3.63) is 65.7 Å². The van der Waals surface area contributed by atoms with Gasteiger partial charge in [-0.05, 0) is 36.8 Å². The second kappa shape index (κ2) is 8.47. The first-order chi connectivity index (χ1) is 13.5. The Morgan fingerprint density at radius 2 is 2.00 bits per heavy atom. The molecule has 3 rings (SSSR count). The number of hydrogen-bond donors (Lipinski definition) is 2. The molecule has 0 saturated carbocycles. The van der Waals surface area contributed by atoms with Gasteiger partial charge in [0, 0.05) is 41.5 Å². The summed E-state index contributed by atoms with van der Waals surface area (Å²) in [5.74, 6) is 1.01. The number of amides is 1. The number of nitrogens with zero attached hydrogens (tertiary/aromatic N) is 3. The number of primary amides is 1. The van der Waals surface area contributed by atoms with Crippen molar-refractivity contribution in [2.45, 2.75) is 19.8 Å². The molecule has 1 amide bonds. The highest BCUT2D eigenvalue weighted by molar-refractivity contribution is 5.93. The van der Waals surface area contributed by atoms with Crippen LogP contribution >= 0.6 is 0 Å². The maximum absolute atomic E-state index is 11.4. The predicted molar refractivity (Wildman–Crippen MR) is 108 cm³/mol. The molecule has 28 heavy (non-hydrogen) atoms. The molecular weight excluding hydrogens is 354 g/mol. The van der Waals surface area contributed by atoms with Crippen LogP contribution in [-0.2, 0) is 0 Å². The van der Waals surface area contributed by atoms with E-state index in [1.807, 2.05) is 31.2 Å². The fourth-order valence-corrected chi connectivity index (χ4v) is 2.87. The van der Waals surface area contributed by atoms with E-state index in [2.05, 4.69) is 27.2 Å². The first-order valence-electron chi connectivity index (χ1n) is 8.94. The number of pyridine rings is 1. The largest absolute Gasteiger partial charge is 0.496 e. The van der Waals surface area contributed by atoms with Gasteiger partial charge in [0.05, 0.1) is 12.8 Å². The summed E-state index contributed by atoms with van der Waals surface area (Å²) in [5.41, 5.74) is 9.45. The van der Waals surface area contributed by atoms with Crippen LogP contribution < -0.4 is 15.8 Å². The molecule has 2 aromatic heterocycles. The Labute approximate surface area is 164 Å². The number of nitrogens with two attached hydrogens (primary N) is 1. The van der Waals surface area contributed by atoms with Gasteiger partial charge in [-0.3, -0.25) is 9.78 Å². The van der Waals surface area contributed by atoms with Gasteiger partial charge in [0.25, 0.3) is 0 Å². The zero-order valence-electron chi connectivity index (χ0n) is 16.1. The molecule has 0 radical (unpaired) electrons. The van der Waals surface area contributed by atoms with Crippen molar-refractivity contribution >= 4 is 11.7 Å². The number of hydrogen-bond acceptors (Lipinski definition) is 6. The zero-order chi connectivity index (χ0) is 20.1. The highest BCUT2D eigenvalue weighted by atomic mass is 16.5. The lowest BCUT2D eigenvalue weighted by Crippen LogP contribution is -2.14. The molecule has 144 valence electrons. The van der Waals surface area contributed by atoms with E-state index < -0.39 is 5.91 Å². The number of aryl methyl sites for hydroxylation is 1. The van der Waals surface area contributed by atoms with E-state index in [0.717, 1.165) is 28.3 Å². The van der Waals surface area contributed by atoms with Crippen molar-refractivity contribution in [3.8, 4) is 17.0 Å². The van der Waals surface area contributed by atoms with Crippen LogP contribution in [0.3, 0.4) is 0 Å². The Bertz CT molecular complexity index is 973. The molecule has 3 aromatic rings. The number of nitrogens with one attached hydrogen (secondary N) is 1. The van der Waals surface area contributed by atoms with Gasteiger partial charge < -0.3 is 15.8 Å². The monoisotopic (exact) mass is 377 g/mol. The molecule has 0 saturated heterocycles. The number of carbonyl (C=O) groups is 1. The van der Waals surface area contributed by atoms with E-state index in [4.69, 9.17) is 10.5 Å². The molecule has 0 bridgehead atoms. The summed E-state index contributed by atoms with van der Waals surface area (Å²) >= 11 is 0. The van der Waals surface area contributed by atoms with Crippen molar-refractivity contribution in [1.29, 1.82) is 0 Å². The van der Waals surface area contributed by atoms with E-state index >= 15 is 0 Å². The second-order valence-electron chi connectivity index (χ2n) is 6.58. The Kier molecular flexibility index (Phi) is 5.84. The molecule has 7 nitrogen and oxygen atoms in total. The zero-order valence-corrected chi connectivity index (χ0v) is 16.1. The summed E-state index contributed by atoms with van der Waals surface area (Å²) in [7, 11) is 1.58. The Balaban J connectivity index is 1.73. The topological polar surface area (TPSA) is 103 Å². The van der Waals surface area contributed by atoms with Crippen molar-refractivity contribution in [1.82, 2.24) is 15.0 Å². The first kappa shape index (κ1) is 19.3. The average Bonchev–Trinajstić information content (AvgIpc) is 2.72. The highest BCUT2D eigenvalue weighted by Gasteiger charge is 2.14. The minimum absolute atomic E-state index is 0.122. The third-order valence-corrected chi connectivity index (χ3v) is 4.51. The fraction of sp³-hybridized carbons (Fsp3) is 0.238. The van der Waals surface area contributed by atoms with E-state index in [9.17, 15) is 4.79 Å². The molecule has 1 unspecified atom stereocenters. The van der Waals surface area contributed by atoms with Gasteiger partial charge in [-0.2, -0.15) is 0 Å². The van der Waals surface area contributed by atoms with Crippen molar-refractivity contribution in [2.75, 3.05) is 19.0 Å². The minimum atomic E-state index is -0.477. The lowest BCUT2D eigenvalue weighted by Gasteiger charge is -2.17. The van der Waals surface area contributed by atoms with E-state index in [1.165, 1.54) is 6.33 Å². The van der Waals surface area contributed by atoms with E-state index in [0.29, 0.717) is 17.9 Å². The normalized spacial score (nSPS) is 11.7. The lowest BCUT2D eigenvalue weighted by atomic mass is 9.98. The molecule has 0 aliphatic carbocycles. The number of benzene rings is 1. The highest BCUT2D eigenvalue weighted by Crippen LogP contribution is 2.28. The molecule has 3 N–H and O–H groups in total. The molecular formula is C21H23N5O2. The summed E-state index contributed by atoms with van der Waals surface area (Å²) < 4.78 is 5.43. The molecule has 0 fully saturated rings. The number of rotatable bonds is 7. The summed E-state index contributed by atoms with van der Waals surface area (Å²) in [6.45, 7) is 4.65. The van der Waals surface area contributed by atoms with Crippen LogP contribution in [0.15, 0.2) is 48.9 Å². The second-order valence-corrected chi connectivity index (χ2v) is 6.58. The maximum Gasteiger partial charge on any atom is 0.248 e. The quantitative estimate of drug-likeness (QED) is 0.655. The van der Waals surface area contributed by atoms with Crippen LogP contribution in [0.25, 0.3) is 11.3 Å². The maximum atomic E-state index is 11.4. The summed E-state index contributed by atoms with van der Waals surface area (Å²) in [4.78, 5) is 24.3. The number of aromatic nitrogens is 3. The Morgan fingerprint density at radius 3 is 2.68 bits per heavy atom. The SMILES string of the molecule is COc1cc(C(N)=O)ccc1C(C)CNc1cc(-c2ccc(C)nc2)ncn1. The number of ether oxygens (including phenoxy) is 1. The standard InChI is InChI=1S/C21H23N5O2/c1-13(17-7-6-15(21(22)27)8-19(17)28-3)10-24-20-9-18(25-12-26-20)16-5-4-14(2)23-11-16/h4-9,11-13H,10H2,1-3H3,(H2,22,27)(H,24,25,26). The van der Waals surface area contributed by atoms with Gasteiger partial charge in [0.15, 0.2) is 0 Å².